The highest BCUT2D eigenvalue weighted by Gasteiger charge is 2.31. The maximum atomic E-state index is 12.7. The van der Waals surface area contributed by atoms with Crippen molar-refractivity contribution in [2.75, 3.05) is 26.2 Å². The monoisotopic (exact) mass is 405 g/mol. The first kappa shape index (κ1) is 19.9. The fraction of sp³-hybridized carbons (Fsp3) is 0.368. The molecule has 0 spiro atoms. The second kappa shape index (κ2) is 8.86. The van der Waals surface area contributed by atoms with Crippen molar-refractivity contribution in [2.24, 2.45) is 0 Å². The summed E-state index contributed by atoms with van der Waals surface area (Å²) in [4.78, 5) is 18.5. The zero-order valence-corrected chi connectivity index (χ0v) is 16.8. The van der Waals surface area contributed by atoms with E-state index in [1.807, 2.05) is 37.3 Å². The summed E-state index contributed by atoms with van der Waals surface area (Å²) < 4.78 is 26.7. The van der Waals surface area contributed by atoms with Gasteiger partial charge in [0.05, 0.1) is 5.25 Å². The summed E-state index contributed by atoms with van der Waals surface area (Å²) in [5.41, 5.74) is 1.19. The molecule has 0 radical (unpaired) electrons. The topological polar surface area (TPSA) is 70.6 Å². The van der Waals surface area contributed by atoms with Gasteiger partial charge in [-0.3, -0.25) is 9.78 Å². The number of benzene rings is 1. The molecule has 144 valence electrons. The van der Waals surface area contributed by atoms with E-state index < -0.39 is 10.0 Å². The van der Waals surface area contributed by atoms with Crippen molar-refractivity contribution >= 4 is 27.7 Å². The van der Waals surface area contributed by atoms with Crippen molar-refractivity contribution in [3.63, 3.8) is 0 Å². The summed E-state index contributed by atoms with van der Waals surface area (Å²) in [6.45, 7) is 3.34. The normalized spacial score (nSPS) is 16.9. The van der Waals surface area contributed by atoms with E-state index in [-0.39, 0.29) is 16.1 Å². The average Bonchev–Trinajstić information content (AvgIpc) is 2.73. The molecule has 0 N–H and O–H groups in total. The van der Waals surface area contributed by atoms with Gasteiger partial charge in [-0.15, -0.1) is 11.8 Å². The molecule has 2 heterocycles. The molecule has 2 aromatic rings. The van der Waals surface area contributed by atoms with E-state index in [1.165, 1.54) is 16.1 Å². The van der Waals surface area contributed by atoms with Crippen LogP contribution in [0.5, 0.6) is 0 Å². The molecule has 0 aliphatic carbocycles. The second-order valence-corrected chi connectivity index (χ2v) is 9.62. The summed E-state index contributed by atoms with van der Waals surface area (Å²) in [5, 5.41) is -0.160. The molecule has 1 aliphatic heterocycles. The maximum Gasteiger partial charge on any atom is 0.244 e. The number of carbonyl (C=O) groups is 1. The smallest absolute Gasteiger partial charge is 0.244 e. The van der Waals surface area contributed by atoms with E-state index in [0.717, 1.165) is 5.75 Å². The van der Waals surface area contributed by atoms with Crippen molar-refractivity contribution in [3.05, 3.63) is 60.4 Å². The Morgan fingerprint density at radius 2 is 1.81 bits per heavy atom. The second-order valence-electron chi connectivity index (χ2n) is 6.36. The van der Waals surface area contributed by atoms with Gasteiger partial charge < -0.3 is 4.90 Å². The van der Waals surface area contributed by atoms with Crippen LogP contribution in [0.1, 0.15) is 12.5 Å². The quantitative estimate of drug-likeness (QED) is 0.737. The van der Waals surface area contributed by atoms with Gasteiger partial charge >= 0.3 is 0 Å². The van der Waals surface area contributed by atoms with Crippen LogP contribution in [0.3, 0.4) is 0 Å². The van der Waals surface area contributed by atoms with Crippen LogP contribution in [0.15, 0.2) is 59.8 Å². The van der Waals surface area contributed by atoms with Crippen LogP contribution < -0.4 is 0 Å². The van der Waals surface area contributed by atoms with Crippen LogP contribution in [0.25, 0.3) is 0 Å². The van der Waals surface area contributed by atoms with E-state index in [2.05, 4.69) is 4.98 Å². The van der Waals surface area contributed by atoms with Crippen molar-refractivity contribution in [1.82, 2.24) is 14.2 Å². The van der Waals surface area contributed by atoms with Gasteiger partial charge in [0.1, 0.15) is 4.90 Å². The standard InChI is InChI=1S/C19H23N3O3S2/c1-16(26-15-17-6-3-2-4-7-17)19(23)21-10-12-22(13-11-21)27(24,25)18-8-5-9-20-14-18/h2-9,14,16H,10-13,15H2,1H3. The zero-order valence-electron chi connectivity index (χ0n) is 15.2. The lowest BCUT2D eigenvalue weighted by atomic mass is 10.2. The lowest BCUT2D eigenvalue weighted by Crippen LogP contribution is -2.52. The van der Waals surface area contributed by atoms with Gasteiger partial charge in [-0.2, -0.15) is 4.31 Å². The number of aromatic nitrogens is 1. The number of amides is 1. The minimum atomic E-state index is -3.55. The van der Waals surface area contributed by atoms with Gasteiger partial charge in [0.15, 0.2) is 0 Å². The van der Waals surface area contributed by atoms with Crippen LogP contribution >= 0.6 is 11.8 Å². The fourth-order valence-electron chi connectivity index (χ4n) is 2.92. The molecule has 1 unspecified atom stereocenters. The molecule has 1 amide bonds. The molecule has 1 aliphatic rings. The number of carbonyl (C=O) groups excluding carboxylic acids is 1. The van der Waals surface area contributed by atoms with E-state index in [9.17, 15) is 13.2 Å². The molecule has 0 bridgehead atoms. The first-order chi connectivity index (χ1) is 13.0. The molecule has 3 rings (SSSR count). The molecular weight excluding hydrogens is 382 g/mol. The molecule has 27 heavy (non-hydrogen) atoms. The Labute approximate surface area is 164 Å². The van der Waals surface area contributed by atoms with Crippen molar-refractivity contribution in [3.8, 4) is 0 Å². The third-order valence-electron chi connectivity index (χ3n) is 4.51. The van der Waals surface area contributed by atoms with Gasteiger partial charge in [-0.1, -0.05) is 30.3 Å². The Bertz CT molecular complexity index is 852. The lowest BCUT2D eigenvalue weighted by Gasteiger charge is -2.35. The third-order valence-corrected chi connectivity index (χ3v) is 7.60. The van der Waals surface area contributed by atoms with Gasteiger partial charge in [0, 0.05) is 44.3 Å². The molecule has 0 saturated carbocycles. The van der Waals surface area contributed by atoms with E-state index in [1.54, 1.807) is 35.0 Å². The van der Waals surface area contributed by atoms with Crippen LogP contribution in [-0.4, -0.2) is 59.9 Å². The number of piperazine rings is 1. The fourth-order valence-corrected chi connectivity index (χ4v) is 5.23. The first-order valence-corrected chi connectivity index (χ1v) is 11.3. The largest absolute Gasteiger partial charge is 0.339 e. The van der Waals surface area contributed by atoms with Gasteiger partial charge in [0.25, 0.3) is 0 Å². The summed E-state index contributed by atoms with van der Waals surface area (Å²) >= 11 is 1.60. The minimum absolute atomic E-state index is 0.0642. The van der Waals surface area contributed by atoms with Crippen molar-refractivity contribution < 1.29 is 13.2 Å². The maximum absolute atomic E-state index is 12.7. The Morgan fingerprint density at radius 3 is 2.44 bits per heavy atom. The van der Waals surface area contributed by atoms with Crippen LogP contribution in [0.4, 0.5) is 0 Å². The number of thioether (sulfide) groups is 1. The van der Waals surface area contributed by atoms with E-state index >= 15 is 0 Å². The Kier molecular flexibility index (Phi) is 6.51. The molecule has 1 saturated heterocycles. The van der Waals surface area contributed by atoms with Gasteiger partial charge in [-0.05, 0) is 24.6 Å². The van der Waals surface area contributed by atoms with Gasteiger partial charge in [-0.25, -0.2) is 8.42 Å². The SMILES string of the molecule is CC(SCc1ccccc1)C(=O)N1CCN(S(=O)(=O)c2cccnc2)CC1. The Hall–Kier alpha value is -1.90. The molecular formula is C19H23N3O3S2. The molecule has 1 atom stereocenters. The highest BCUT2D eigenvalue weighted by molar-refractivity contribution is 7.99. The average molecular weight is 406 g/mol. The van der Waals surface area contributed by atoms with Crippen molar-refractivity contribution in [2.45, 2.75) is 22.8 Å². The third kappa shape index (κ3) is 4.88. The molecule has 1 fully saturated rings. The van der Waals surface area contributed by atoms with Crippen molar-refractivity contribution in [1.29, 1.82) is 0 Å². The van der Waals surface area contributed by atoms with E-state index in [0.29, 0.717) is 26.2 Å². The summed E-state index contributed by atoms with van der Waals surface area (Å²) in [6.07, 6.45) is 2.90. The number of sulfonamides is 1. The minimum Gasteiger partial charge on any atom is -0.339 e. The first-order valence-electron chi connectivity index (χ1n) is 8.83. The van der Waals surface area contributed by atoms with Gasteiger partial charge in [0.2, 0.25) is 15.9 Å². The van der Waals surface area contributed by atoms with Crippen LogP contribution in [0.2, 0.25) is 0 Å². The zero-order chi connectivity index (χ0) is 19.3. The Balaban J connectivity index is 1.53. The predicted molar refractivity (Wildman–Crippen MR) is 107 cm³/mol. The lowest BCUT2D eigenvalue weighted by molar-refractivity contribution is -0.131. The predicted octanol–water partition coefficient (Wildman–Crippen LogP) is 2.24. The summed E-state index contributed by atoms with van der Waals surface area (Å²) in [6, 6.07) is 13.2. The summed E-state index contributed by atoms with van der Waals surface area (Å²) in [7, 11) is -3.55. The highest BCUT2D eigenvalue weighted by atomic mass is 32.2. The highest BCUT2D eigenvalue weighted by Crippen LogP contribution is 2.21. The molecule has 1 aromatic carbocycles. The van der Waals surface area contributed by atoms with E-state index in [4.69, 9.17) is 0 Å². The van der Waals surface area contributed by atoms with Crippen LogP contribution in [0, 0.1) is 0 Å². The number of hydrogen-bond donors (Lipinski definition) is 0. The summed E-state index contributed by atoms with van der Waals surface area (Å²) in [5.74, 6) is 0.845. The molecule has 8 heteroatoms. The number of nitrogens with zero attached hydrogens (tertiary/aromatic N) is 3. The molecule has 1 aromatic heterocycles. The number of pyridine rings is 1. The Morgan fingerprint density at radius 1 is 1.11 bits per heavy atom. The number of hydrogen-bond acceptors (Lipinski definition) is 5. The number of rotatable bonds is 6. The van der Waals surface area contributed by atoms with Crippen LogP contribution in [-0.2, 0) is 20.6 Å². The molecule has 6 nitrogen and oxygen atoms in total.